The molecule has 0 amide bonds. The van der Waals surface area contributed by atoms with Crippen molar-refractivity contribution in [3.05, 3.63) is 23.9 Å². The first-order valence-corrected chi connectivity index (χ1v) is 2.73. The summed E-state index contributed by atoms with van der Waals surface area (Å²) in [6.07, 6.45) is 8.77. The average Bonchev–Trinajstić information content (AvgIpc) is 1.94. The van der Waals surface area contributed by atoms with Crippen LogP contribution >= 0.6 is 0 Å². The van der Waals surface area contributed by atoms with Gasteiger partial charge in [-0.25, -0.2) is 0 Å². The van der Waals surface area contributed by atoms with E-state index >= 15 is 0 Å². The van der Waals surface area contributed by atoms with Crippen molar-refractivity contribution >= 4 is 6.21 Å². The maximum atomic E-state index is 3.94. The van der Waals surface area contributed by atoms with E-state index in [1.165, 1.54) is 5.57 Å². The molecule has 42 valence electrons. The minimum Gasteiger partial charge on any atom is -0.265 e. The number of aliphatic imine (C=N–C) groups is 1. The molecule has 0 unspecified atom stereocenters. The monoisotopic (exact) mass is 107 g/mol. The van der Waals surface area contributed by atoms with E-state index < -0.39 is 0 Å². The van der Waals surface area contributed by atoms with Gasteiger partial charge in [0.2, 0.25) is 0 Å². The van der Waals surface area contributed by atoms with Crippen molar-refractivity contribution in [2.75, 3.05) is 0 Å². The normalized spacial score (nSPS) is 17.9. The topological polar surface area (TPSA) is 12.4 Å². The van der Waals surface area contributed by atoms with Crippen LogP contribution in [-0.2, 0) is 0 Å². The van der Waals surface area contributed by atoms with Crippen molar-refractivity contribution in [1.82, 2.24) is 0 Å². The molecule has 0 bridgehead atoms. The molecule has 0 aliphatic carbocycles. The highest BCUT2D eigenvalue weighted by atomic mass is 14.7. The minimum absolute atomic E-state index is 1.04. The first-order chi connectivity index (χ1) is 3.89. The Morgan fingerprint density at radius 3 is 3.38 bits per heavy atom. The molecule has 1 nitrogen and oxygen atoms in total. The van der Waals surface area contributed by atoms with Gasteiger partial charge in [-0.3, -0.25) is 4.99 Å². The van der Waals surface area contributed by atoms with Crippen LogP contribution in [-0.4, -0.2) is 6.21 Å². The maximum Gasteiger partial charge on any atom is 0.0267 e. The van der Waals surface area contributed by atoms with Crippen LogP contribution in [0.25, 0.3) is 0 Å². The molecule has 0 saturated heterocycles. The van der Waals surface area contributed by atoms with Crippen molar-refractivity contribution in [2.45, 2.75) is 13.3 Å². The second kappa shape index (κ2) is 2.46. The van der Waals surface area contributed by atoms with E-state index in [2.05, 4.69) is 18.0 Å². The van der Waals surface area contributed by atoms with E-state index in [1.54, 1.807) is 0 Å². The lowest BCUT2D eigenvalue weighted by Gasteiger charge is -1.85. The van der Waals surface area contributed by atoms with E-state index in [0.717, 1.165) is 6.42 Å². The minimum atomic E-state index is 1.04. The van der Waals surface area contributed by atoms with Crippen LogP contribution in [0, 0.1) is 0 Å². The van der Waals surface area contributed by atoms with Gasteiger partial charge < -0.3 is 0 Å². The molecule has 8 heavy (non-hydrogen) atoms. The number of hydrogen-bond acceptors (Lipinski definition) is 1. The summed E-state index contributed by atoms with van der Waals surface area (Å²) in [5.41, 5.74) is 1.36. The molecule has 1 heterocycles. The standard InChI is InChI=1S/C7H9N/c1-7-3-2-5-8-6-4-7/h2,4-6H,3H2,1H3. The summed E-state index contributed by atoms with van der Waals surface area (Å²) in [5.74, 6) is 0. The number of rotatable bonds is 0. The van der Waals surface area contributed by atoms with Crippen LogP contribution in [0.1, 0.15) is 13.3 Å². The van der Waals surface area contributed by atoms with E-state index in [9.17, 15) is 0 Å². The zero-order valence-corrected chi connectivity index (χ0v) is 4.96. The lowest BCUT2D eigenvalue weighted by atomic mass is 10.2. The van der Waals surface area contributed by atoms with Gasteiger partial charge in [-0.15, -0.1) is 0 Å². The summed E-state index contributed by atoms with van der Waals surface area (Å²) in [5, 5.41) is 0. The van der Waals surface area contributed by atoms with Crippen molar-refractivity contribution in [1.29, 1.82) is 0 Å². The van der Waals surface area contributed by atoms with Crippen molar-refractivity contribution in [2.24, 2.45) is 4.99 Å². The molecule has 0 atom stereocenters. The third kappa shape index (κ3) is 1.34. The van der Waals surface area contributed by atoms with E-state index in [-0.39, 0.29) is 0 Å². The fourth-order valence-corrected chi connectivity index (χ4v) is 0.587. The first kappa shape index (κ1) is 5.29. The SMILES string of the molecule is CC1=CC=NC=CC1. The van der Waals surface area contributed by atoms with Crippen LogP contribution in [0.5, 0.6) is 0 Å². The highest BCUT2D eigenvalue weighted by Crippen LogP contribution is 2.01. The van der Waals surface area contributed by atoms with Crippen LogP contribution < -0.4 is 0 Å². The summed E-state index contributed by atoms with van der Waals surface area (Å²) < 4.78 is 0. The Morgan fingerprint density at radius 2 is 2.50 bits per heavy atom. The smallest absolute Gasteiger partial charge is 0.0267 e. The largest absolute Gasteiger partial charge is 0.265 e. The first-order valence-electron chi connectivity index (χ1n) is 2.73. The Bertz CT molecular complexity index is 152. The summed E-state index contributed by atoms with van der Waals surface area (Å²) in [4.78, 5) is 3.94. The molecule has 0 N–H and O–H groups in total. The zero-order valence-electron chi connectivity index (χ0n) is 4.96. The number of hydrogen-bond donors (Lipinski definition) is 0. The van der Waals surface area contributed by atoms with Gasteiger partial charge in [-0.05, 0) is 19.4 Å². The third-order valence-corrected chi connectivity index (χ3v) is 1.08. The molecule has 0 aromatic heterocycles. The molecule has 1 heteroatoms. The highest BCUT2D eigenvalue weighted by Gasteiger charge is 1.83. The summed E-state index contributed by atoms with van der Waals surface area (Å²) >= 11 is 0. The van der Waals surface area contributed by atoms with Gasteiger partial charge in [0.15, 0.2) is 0 Å². The zero-order chi connectivity index (χ0) is 5.82. The molecule has 1 aliphatic heterocycles. The molecule has 1 aliphatic rings. The van der Waals surface area contributed by atoms with Crippen LogP contribution in [0.2, 0.25) is 0 Å². The Morgan fingerprint density at radius 1 is 1.62 bits per heavy atom. The highest BCUT2D eigenvalue weighted by molar-refractivity contribution is 5.73. The molecule has 1 rings (SSSR count). The Balaban J connectivity index is 2.69. The molecule has 0 radical (unpaired) electrons. The maximum absolute atomic E-state index is 3.94. The summed E-state index contributed by atoms with van der Waals surface area (Å²) in [6.45, 7) is 2.10. The Labute approximate surface area is 49.4 Å². The molecule has 0 fully saturated rings. The van der Waals surface area contributed by atoms with E-state index in [4.69, 9.17) is 0 Å². The predicted octanol–water partition coefficient (Wildman–Crippen LogP) is 1.92. The second-order valence-electron chi connectivity index (χ2n) is 1.90. The van der Waals surface area contributed by atoms with Gasteiger partial charge in [0.1, 0.15) is 0 Å². The Hall–Kier alpha value is -0.850. The summed E-state index contributed by atoms with van der Waals surface area (Å²) in [6, 6.07) is 0. The van der Waals surface area contributed by atoms with Gasteiger partial charge >= 0.3 is 0 Å². The van der Waals surface area contributed by atoms with Crippen molar-refractivity contribution in [3.63, 3.8) is 0 Å². The fourth-order valence-electron chi connectivity index (χ4n) is 0.587. The van der Waals surface area contributed by atoms with Crippen molar-refractivity contribution in [3.8, 4) is 0 Å². The molecular weight excluding hydrogens is 98.1 g/mol. The van der Waals surface area contributed by atoms with Gasteiger partial charge in [0, 0.05) is 12.4 Å². The molecule has 0 saturated carbocycles. The van der Waals surface area contributed by atoms with Crippen LogP contribution in [0.3, 0.4) is 0 Å². The third-order valence-electron chi connectivity index (χ3n) is 1.08. The lowest BCUT2D eigenvalue weighted by Crippen LogP contribution is -1.69. The molecule has 0 aromatic rings. The van der Waals surface area contributed by atoms with Gasteiger partial charge in [0.25, 0.3) is 0 Å². The molecular formula is C7H9N. The summed E-state index contributed by atoms with van der Waals surface area (Å²) in [7, 11) is 0. The quantitative estimate of drug-likeness (QED) is 0.448. The lowest BCUT2D eigenvalue weighted by molar-refractivity contribution is 1.22. The van der Waals surface area contributed by atoms with Gasteiger partial charge in [0.05, 0.1) is 0 Å². The average molecular weight is 107 g/mol. The fraction of sp³-hybridized carbons (Fsp3) is 0.286. The Kier molecular flexibility index (Phi) is 1.62. The van der Waals surface area contributed by atoms with Gasteiger partial charge in [-0.1, -0.05) is 11.6 Å². The second-order valence-corrected chi connectivity index (χ2v) is 1.90. The predicted molar refractivity (Wildman–Crippen MR) is 36.0 cm³/mol. The van der Waals surface area contributed by atoms with Crippen molar-refractivity contribution < 1.29 is 0 Å². The molecule has 0 aromatic carbocycles. The van der Waals surface area contributed by atoms with E-state index in [0.29, 0.717) is 0 Å². The van der Waals surface area contributed by atoms with E-state index in [1.807, 2.05) is 18.5 Å². The van der Waals surface area contributed by atoms with Crippen LogP contribution in [0.4, 0.5) is 0 Å². The number of nitrogens with zero attached hydrogens (tertiary/aromatic N) is 1. The van der Waals surface area contributed by atoms with Gasteiger partial charge in [-0.2, -0.15) is 0 Å². The number of allylic oxidation sites excluding steroid dienone is 3. The van der Waals surface area contributed by atoms with Crippen LogP contribution in [0.15, 0.2) is 28.9 Å². The molecule has 0 spiro atoms.